The predicted molar refractivity (Wildman–Crippen MR) is 126 cm³/mol. The molecule has 3 heterocycles. The average Bonchev–Trinajstić information content (AvgIpc) is 3.18. The van der Waals surface area contributed by atoms with Gasteiger partial charge in [0, 0.05) is 31.1 Å². The molecule has 0 bridgehead atoms. The Hall–Kier alpha value is -3.47. The van der Waals surface area contributed by atoms with Gasteiger partial charge in [0.1, 0.15) is 23.5 Å². The third-order valence-corrected chi connectivity index (χ3v) is 7.57. The molecule has 4 atom stereocenters. The zero-order chi connectivity index (χ0) is 26.2. The van der Waals surface area contributed by atoms with Crippen LogP contribution in [0.15, 0.2) is 30.4 Å². The molecule has 4 aliphatic rings. The summed E-state index contributed by atoms with van der Waals surface area (Å²) in [7, 11) is 0. The lowest BCUT2D eigenvalue weighted by Gasteiger charge is -2.25. The largest absolute Gasteiger partial charge is 0.479 e. The molecule has 2 fully saturated rings. The number of aliphatic carboxylic acids is 1. The molecule has 11 heteroatoms. The SMILES string of the molecule is O=C1N[C@]2(C(=O)O)C[C@H]2/C=C\CCCOCCC(=O)N2C[C@H](OC(=O)N3Cc4cccc(F)c4C3)C[C@@H]12. The van der Waals surface area contributed by atoms with Crippen molar-refractivity contribution in [2.45, 2.75) is 62.9 Å². The first kappa shape index (κ1) is 25.2. The highest BCUT2D eigenvalue weighted by atomic mass is 19.1. The molecule has 5 rings (SSSR count). The first-order chi connectivity index (χ1) is 17.8. The van der Waals surface area contributed by atoms with E-state index >= 15 is 0 Å². The molecule has 3 amide bonds. The molecule has 3 aliphatic heterocycles. The van der Waals surface area contributed by atoms with Gasteiger partial charge in [-0.3, -0.25) is 14.5 Å². The van der Waals surface area contributed by atoms with Gasteiger partial charge in [0.15, 0.2) is 0 Å². The smallest absolute Gasteiger partial charge is 0.410 e. The topological polar surface area (TPSA) is 125 Å². The number of nitrogens with zero attached hydrogens (tertiary/aromatic N) is 2. The van der Waals surface area contributed by atoms with E-state index in [1.54, 1.807) is 12.1 Å². The Morgan fingerprint density at radius 2 is 2.05 bits per heavy atom. The van der Waals surface area contributed by atoms with Crippen LogP contribution in [-0.2, 0) is 36.9 Å². The second kappa shape index (κ2) is 10.1. The molecular formula is C26H30FN3O7. The van der Waals surface area contributed by atoms with Crippen molar-refractivity contribution in [2.24, 2.45) is 5.92 Å². The number of ether oxygens (including phenoxy) is 2. The van der Waals surface area contributed by atoms with Crippen molar-refractivity contribution in [3.8, 4) is 0 Å². The van der Waals surface area contributed by atoms with E-state index in [1.165, 1.54) is 15.9 Å². The Morgan fingerprint density at radius 1 is 1.22 bits per heavy atom. The average molecular weight is 516 g/mol. The van der Waals surface area contributed by atoms with E-state index in [0.29, 0.717) is 24.2 Å². The van der Waals surface area contributed by atoms with E-state index in [-0.39, 0.29) is 63.1 Å². The van der Waals surface area contributed by atoms with Gasteiger partial charge in [-0.25, -0.2) is 14.0 Å². The van der Waals surface area contributed by atoms with Crippen molar-refractivity contribution < 1.29 is 38.1 Å². The molecule has 198 valence electrons. The number of carbonyl (C=O) groups is 4. The molecule has 1 saturated heterocycles. The van der Waals surface area contributed by atoms with Crippen LogP contribution in [-0.4, -0.2) is 76.2 Å². The quantitative estimate of drug-likeness (QED) is 0.577. The van der Waals surface area contributed by atoms with Crippen LogP contribution in [0, 0.1) is 11.7 Å². The molecule has 2 N–H and O–H groups in total. The maximum absolute atomic E-state index is 14.1. The molecule has 0 aromatic heterocycles. The molecular weight excluding hydrogens is 485 g/mol. The lowest BCUT2D eigenvalue weighted by molar-refractivity contribution is -0.145. The zero-order valence-corrected chi connectivity index (χ0v) is 20.4. The molecule has 0 spiro atoms. The van der Waals surface area contributed by atoms with E-state index in [9.17, 15) is 28.7 Å². The minimum absolute atomic E-state index is 0.00120. The normalized spacial score (nSPS) is 30.8. The number of benzene rings is 1. The summed E-state index contributed by atoms with van der Waals surface area (Å²) in [5, 5.41) is 12.5. The summed E-state index contributed by atoms with van der Waals surface area (Å²) in [5.74, 6) is -2.76. The van der Waals surface area contributed by atoms with Crippen molar-refractivity contribution in [3.63, 3.8) is 0 Å². The fourth-order valence-corrected chi connectivity index (χ4v) is 5.37. The Balaban J connectivity index is 1.29. The van der Waals surface area contributed by atoms with Gasteiger partial charge in [0.25, 0.3) is 0 Å². The van der Waals surface area contributed by atoms with E-state index in [1.807, 2.05) is 12.2 Å². The summed E-state index contributed by atoms with van der Waals surface area (Å²) in [6, 6.07) is 3.70. The van der Waals surface area contributed by atoms with Gasteiger partial charge >= 0.3 is 12.1 Å². The summed E-state index contributed by atoms with van der Waals surface area (Å²) >= 11 is 0. The van der Waals surface area contributed by atoms with Crippen LogP contribution in [0.5, 0.6) is 0 Å². The molecule has 1 saturated carbocycles. The van der Waals surface area contributed by atoms with Crippen molar-refractivity contribution in [2.75, 3.05) is 19.8 Å². The zero-order valence-electron chi connectivity index (χ0n) is 20.4. The number of hydrogen-bond acceptors (Lipinski definition) is 6. The van der Waals surface area contributed by atoms with Gasteiger partial charge in [-0.15, -0.1) is 0 Å². The van der Waals surface area contributed by atoms with Crippen LogP contribution in [0.1, 0.15) is 43.2 Å². The Morgan fingerprint density at radius 3 is 2.84 bits per heavy atom. The van der Waals surface area contributed by atoms with Crippen molar-refractivity contribution in [1.29, 1.82) is 0 Å². The third kappa shape index (κ3) is 5.04. The number of carboxylic acids is 1. The number of carboxylic acid groups (broad SMARTS) is 1. The summed E-state index contributed by atoms with van der Waals surface area (Å²) < 4.78 is 25.3. The number of allylic oxidation sites excluding steroid dienone is 1. The van der Waals surface area contributed by atoms with Crippen LogP contribution >= 0.6 is 0 Å². The van der Waals surface area contributed by atoms with Gasteiger partial charge in [0.05, 0.1) is 26.1 Å². The lowest BCUT2D eigenvalue weighted by atomic mass is 10.1. The van der Waals surface area contributed by atoms with Crippen molar-refractivity contribution in [3.05, 3.63) is 47.3 Å². The number of carbonyl (C=O) groups excluding carboxylic acids is 3. The van der Waals surface area contributed by atoms with E-state index in [2.05, 4.69) is 5.32 Å². The summed E-state index contributed by atoms with van der Waals surface area (Å²) in [4.78, 5) is 53.9. The highest BCUT2D eigenvalue weighted by molar-refractivity contribution is 5.94. The van der Waals surface area contributed by atoms with Gasteiger partial charge in [-0.05, 0) is 30.9 Å². The molecule has 0 radical (unpaired) electrons. The molecule has 37 heavy (non-hydrogen) atoms. The first-order valence-electron chi connectivity index (χ1n) is 12.6. The summed E-state index contributed by atoms with van der Waals surface area (Å²) in [6.45, 7) is 0.941. The van der Waals surface area contributed by atoms with Crippen LogP contribution < -0.4 is 5.32 Å². The molecule has 1 aromatic rings. The van der Waals surface area contributed by atoms with E-state index in [0.717, 1.165) is 6.42 Å². The fourth-order valence-electron chi connectivity index (χ4n) is 5.37. The molecule has 10 nitrogen and oxygen atoms in total. The van der Waals surface area contributed by atoms with Crippen molar-refractivity contribution >= 4 is 23.9 Å². The number of fused-ring (bicyclic) bond motifs is 3. The fraction of sp³-hybridized carbons (Fsp3) is 0.538. The van der Waals surface area contributed by atoms with Crippen LogP contribution in [0.3, 0.4) is 0 Å². The number of halogens is 1. The van der Waals surface area contributed by atoms with Crippen LogP contribution in [0.25, 0.3) is 0 Å². The monoisotopic (exact) mass is 515 g/mol. The predicted octanol–water partition coefficient (Wildman–Crippen LogP) is 1.96. The summed E-state index contributed by atoms with van der Waals surface area (Å²) in [6.07, 6.45) is 4.09. The molecule has 0 unspecified atom stereocenters. The maximum atomic E-state index is 14.1. The number of amides is 3. The number of nitrogens with one attached hydrogen (secondary N) is 1. The minimum atomic E-state index is -1.40. The Kier molecular flexibility index (Phi) is 6.89. The summed E-state index contributed by atoms with van der Waals surface area (Å²) in [5.41, 5.74) is -0.253. The van der Waals surface area contributed by atoms with Gasteiger partial charge in [-0.2, -0.15) is 0 Å². The standard InChI is InChI=1S/C26H30FN3O7/c27-20-7-4-5-16-13-29(15-19(16)20)25(35)37-18-11-21-23(32)28-26(24(33)34)12-17(26)6-2-1-3-9-36-10-8-22(31)30(21)14-18/h2,4-7,17-18,21H,1,3,8-15H2,(H,28,32)(H,33,34)/b6-2-/t17-,18-,21+,26-/m1/s1. The highest BCUT2D eigenvalue weighted by Gasteiger charge is 2.61. The lowest BCUT2D eigenvalue weighted by Crippen LogP contribution is -2.53. The van der Waals surface area contributed by atoms with E-state index < -0.39 is 35.7 Å². The van der Waals surface area contributed by atoms with Crippen LogP contribution in [0.2, 0.25) is 0 Å². The first-order valence-corrected chi connectivity index (χ1v) is 12.6. The second-order valence-electron chi connectivity index (χ2n) is 10.0. The highest BCUT2D eigenvalue weighted by Crippen LogP contribution is 2.45. The minimum Gasteiger partial charge on any atom is -0.479 e. The maximum Gasteiger partial charge on any atom is 0.410 e. The molecule has 1 aliphatic carbocycles. The third-order valence-electron chi connectivity index (χ3n) is 7.57. The number of hydrogen-bond donors (Lipinski definition) is 2. The Bertz CT molecular complexity index is 1140. The van der Waals surface area contributed by atoms with Gasteiger partial charge in [0.2, 0.25) is 11.8 Å². The van der Waals surface area contributed by atoms with Gasteiger partial charge < -0.3 is 24.8 Å². The van der Waals surface area contributed by atoms with Crippen LogP contribution in [0.4, 0.5) is 9.18 Å². The van der Waals surface area contributed by atoms with Gasteiger partial charge in [-0.1, -0.05) is 24.3 Å². The number of rotatable bonds is 2. The second-order valence-corrected chi connectivity index (χ2v) is 10.0. The van der Waals surface area contributed by atoms with Crippen molar-refractivity contribution in [1.82, 2.24) is 15.1 Å². The Labute approximate surface area is 213 Å². The van der Waals surface area contributed by atoms with E-state index in [4.69, 9.17) is 9.47 Å². The molecule has 1 aromatic carbocycles.